The highest BCUT2D eigenvalue weighted by Crippen LogP contribution is 2.62. The highest BCUT2D eigenvalue weighted by atomic mass is 16.3. The SMILES string of the molecule is Cc1ccc(NN2C(=O)[C@@H]3C[C@@H]4C(=CCn5c(=O)n(-c6ccccc6)c(=O)n54)[C@H](c4ccc(O)c(C)c4)[C@]3(c3ccccc3)C2=O)cc1. The van der Waals surface area contributed by atoms with Crippen molar-refractivity contribution in [2.75, 3.05) is 5.43 Å². The number of benzene rings is 4. The highest BCUT2D eigenvalue weighted by Gasteiger charge is 2.68. The first-order valence-corrected chi connectivity index (χ1v) is 16.0. The first-order chi connectivity index (χ1) is 23.2. The fourth-order valence-electron chi connectivity index (χ4n) is 8.04. The Morgan fingerprint density at radius 1 is 0.812 bits per heavy atom. The minimum Gasteiger partial charge on any atom is -0.508 e. The van der Waals surface area contributed by atoms with Crippen LogP contribution in [0.2, 0.25) is 0 Å². The number of anilines is 1. The summed E-state index contributed by atoms with van der Waals surface area (Å²) in [4.78, 5) is 57.8. The molecule has 3 heterocycles. The van der Waals surface area contributed by atoms with Crippen LogP contribution in [0.3, 0.4) is 0 Å². The molecule has 1 saturated carbocycles. The number of aryl methyl sites for hydroxylation is 2. The monoisotopic (exact) mass is 639 g/mol. The Labute approximate surface area is 275 Å². The maximum atomic E-state index is 15.1. The molecule has 1 aromatic heterocycles. The Hall–Kier alpha value is -5.90. The van der Waals surface area contributed by atoms with E-state index < -0.39 is 46.5 Å². The van der Waals surface area contributed by atoms with E-state index in [2.05, 4.69) is 5.43 Å². The average Bonchev–Trinajstić information content (AvgIpc) is 3.48. The number of hydrogen-bond acceptors (Lipinski definition) is 6. The fourth-order valence-corrected chi connectivity index (χ4v) is 8.04. The largest absolute Gasteiger partial charge is 0.508 e. The number of phenols is 1. The second kappa shape index (κ2) is 10.8. The molecular formula is C38H33N5O5. The molecule has 0 bridgehead atoms. The van der Waals surface area contributed by atoms with Crippen LogP contribution in [0.25, 0.3) is 5.69 Å². The molecule has 1 saturated heterocycles. The molecule has 5 aromatic rings. The smallest absolute Gasteiger partial charge is 0.352 e. The van der Waals surface area contributed by atoms with Gasteiger partial charge in [-0.1, -0.05) is 84.4 Å². The molecule has 0 spiro atoms. The lowest BCUT2D eigenvalue weighted by Crippen LogP contribution is -2.53. The number of rotatable bonds is 5. The Balaban J connectivity index is 1.38. The van der Waals surface area contributed by atoms with Gasteiger partial charge in [-0.15, -0.1) is 0 Å². The summed E-state index contributed by atoms with van der Waals surface area (Å²) in [6.07, 6.45) is 2.05. The first kappa shape index (κ1) is 29.5. The lowest BCUT2D eigenvalue weighted by Gasteiger charge is -2.49. The molecule has 1 aliphatic carbocycles. The average molecular weight is 640 g/mol. The molecule has 10 heteroatoms. The number of fused-ring (bicyclic) bond motifs is 4. The molecule has 4 atom stereocenters. The molecule has 0 radical (unpaired) electrons. The number of allylic oxidation sites excluding steroid dienone is 2. The van der Waals surface area contributed by atoms with E-state index in [9.17, 15) is 19.5 Å². The van der Waals surface area contributed by atoms with Crippen molar-refractivity contribution in [3.8, 4) is 11.4 Å². The van der Waals surface area contributed by atoms with Crippen molar-refractivity contribution in [1.29, 1.82) is 0 Å². The van der Waals surface area contributed by atoms with Gasteiger partial charge in [0.05, 0.1) is 35.3 Å². The molecule has 2 amide bonds. The Morgan fingerprint density at radius 2 is 1.50 bits per heavy atom. The molecule has 10 nitrogen and oxygen atoms in total. The van der Waals surface area contributed by atoms with Gasteiger partial charge in [0.1, 0.15) is 5.75 Å². The van der Waals surface area contributed by atoms with Gasteiger partial charge in [0.15, 0.2) is 0 Å². The Kier molecular flexibility index (Phi) is 6.66. The zero-order valence-electron chi connectivity index (χ0n) is 26.4. The number of carbonyl (C=O) groups excluding carboxylic acids is 2. The van der Waals surface area contributed by atoms with Crippen LogP contribution in [0.5, 0.6) is 5.75 Å². The van der Waals surface area contributed by atoms with Crippen molar-refractivity contribution < 1.29 is 14.7 Å². The van der Waals surface area contributed by atoms with Crippen LogP contribution in [0.15, 0.2) is 124 Å². The van der Waals surface area contributed by atoms with Crippen molar-refractivity contribution in [2.45, 2.75) is 44.2 Å². The van der Waals surface area contributed by atoms with E-state index >= 15 is 4.79 Å². The van der Waals surface area contributed by atoms with Gasteiger partial charge in [-0.3, -0.25) is 15.0 Å². The lowest BCUT2D eigenvalue weighted by atomic mass is 9.53. The van der Waals surface area contributed by atoms with Crippen molar-refractivity contribution in [3.05, 3.63) is 158 Å². The number of hydrazine groups is 1. The molecule has 240 valence electrons. The zero-order chi connectivity index (χ0) is 33.3. The molecule has 2 aliphatic heterocycles. The highest BCUT2D eigenvalue weighted by molar-refractivity contribution is 6.12. The third-order valence-electron chi connectivity index (χ3n) is 10.2. The van der Waals surface area contributed by atoms with Gasteiger partial charge in [0, 0.05) is 5.92 Å². The minimum atomic E-state index is -1.39. The van der Waals surface area contributed by atoms with E-state index in [0.29, 0.717) is 22.5 Å². The van der Waals surface area contributed by atoms with Crippen LogP contribution in [0, 0.1) is 19.8 Å². The van der Waals surface area contributed by atoms with Crippen LogP contribution in [-0.2, 0) is 21.5 Å². The maximum absolute atomic E-state index is 15.1. The van der Waals surface area contributed by atoms with Crippen LogP contribution >= 0.6 is 0 Å². The number of nitrogens with one attached hydrogen (secondary N) is 1. The van der Waals surface area contributed by atoms with E-state index in [-0.39, 0.29) is 18.7 Å². The van der Waals surface area contributed by atoms with Crippen LogP contribution in [0.4, 0.5) is 5.69 Å². The Morgan fingerprint density at radius 3 is 2.19 bits per heavy atom. The first-order valence-electron chi connectivity index (χ1n) is 16.0. The summed E-state index contributed by atoms with van der Waals surface area (Å²) in [6.45, 7) is 3.85. The molecule has 0 unspecified atom stereocenters. The maximum Gasteiger partial charge on any atom is 0.352 e. The normalized spacial score (nSPS) is 22.9. The van der Waals surface area contributed by atoms with Crippen molar-refractivity contribution in [3.63, 3.8) is 0 Å². The topological polar surface area (TPSA) is 119 Å². The number of para-hydroxylation sites is 1. The minimum absolute atomic E-state index is 0.107. The van der Waals surface area contributed by atoms with Gasteiger partial charge in [-0.2, -0.15) is 5.01 Å². The Bertz CT molecular complexity index is 2250. The van der Waals surface area contributed by atoms with E-state index in [1.807, 2.05) is 79.7 Å². The van der Waals surface area contributed by atoms with Crippen molar-refractivity contribution >= 4 is 17.5 Å². The zero-order valence-corrected chi connectivity index (χ0v) is 26.4. The summed E-state index contributed by atoms with van der Waals surface area (Å²) in [7, 11) is 0. The van der Waals surface area contributed by atoms with Gasteiger partial charge in [0.2, 0.25) is 0 Å². The number of aromatic nitrogens is 3. The number of aromatic hydroxyl groups is 1. The predicted octanol–water partition coefficient (Wildman–Crippen LogP) is 4.74. The number of amides is 2. The second-order valence-corrected chi connectivity index (χ2v) is 12.8. The van der Waals surface area contributed by atoms with E-state index in [0.717, 1.165) is 26.3 Å². The molecule has 48 heavy (non-hydrogen) atoms. The lowest BCUT2D eigenvalue weighted by molar-refractivity contribution is -0.138. The fraction of sp³-hybridized carbons (Fsp3) is 0.211. The molecule has 8 rings (SSSR count). The van der Waals surface area contributed by atoms with Gasteiger partial charge in [-0.05, 0) is 72.9 Å². The second-order valence-electron chi connectivity index (χ2n) is 12.8. The summed E-state index contributed by atoms with van der Waals surface area (Å²) < 4.78 is 4.04. The summed E-state index contributed by atoms with van der Waals surface area (Å²) >= 11 is 0. The molecular weight excluding hydrogens is 606 g/mol. The van der Waals surface area contributed by atoms with Crippen LogP contribution in [0.1, 0.15) is 40.6 Å². The standard InChI is InChI=1S/C38H33N5O5/c1-23-13-16-27(17-14-23)39-42-34(45)30-22-31-29(19-20-40-36(47)41(37(48)43(31)40)28-11-7-4-8-12-28)33(25-15-18-32(44)24(2)21-25)38(30,35(42)46)26-9-5-3-6-10-26/h3-19,21,30-31,33,39,44H,20,22H2,1-2H3/t30-,31+,33-,38+/m0/s1. The van der Waals surface area contributed by atoms with Crippen molar-refractivity contribution in [1.82, 2.24) is 18.9 Å². The van der Waals surface area contributed by atoms with Crippen molar-refractivity contribution in [2.24, 2.45) is 5.92 Å². The van der Waals surface area contributed by atoms with Crippen LogP contribution in [-0.4, -0.2) is 35.9 Å². The van der Waals surface area contributed by atoms with Gasteiger partial charge < -0.3 is 5.11 Å². The third kappa shape index (κ3) is 4.11. The van der Waals surface area contributed by atoms with Crippen LogP contribution < -0.4 is 16.8 Å². The molecule has 2 fully saturated rings. The molecule has 4 aromatic carbocycles. The number of carbonyl (C=O) groups is 2. The number of phenolic OH excluding ortho intramolecular Hbond substituents is 1. The molecule has 2 N–H and O–H groups in total. The van der Waals surface area contributed by atoms with E-state index in [4.69, 9.17) is 0 Å². The quantitative estimate of drug-likeness (QED) is 0.212. The van der Waals surface area contributed by atoms with E-state index in [1.54, 1.807) is 43.3 Å². The summed E-state index contributed by atoms with van der Waals surface area (Å²) in [5.41, 5.74) is 5.57. The van der Waals surface area contributed by atoms with E-state index in [1.165, 1.54) is 9.36 Å². The van der Waals surface area contributed by atoms with Gasteiger partial charge in [0.25, 0.3) is 11.8 Å². The van der Waals surface area contributed by atoms with Gasteiger partial charge >= 0.3 is 11.4 Å². The third-order valence-corrected chi connectivity index (χ3v) is 10.2. The predicted molar refractivity (Wildman–Crippen MR) is 180 cm³/mol. The van der Waals surface area contributed by atoms with Gasteiger partial charge in [-0.25, -0.2) is 23.5 Å². The number of hydrogen-bond donors (Lipinski definition) is 2. The summed E-state index contributed by atoms with van der Waals surface area (Å²) in [5.74, 6) is -2.33. The summed E-state index contributed by atoms with van der Waals surface area (Å²) in [6, 6.07) is 30.1. The molecule has 3 aliphatic rings. The number of imide groups is 1. The summed E-state index contributed by atoms with van der Waals surface area (Å²) in [5, 5.41) is 11.7. The number of nitrogens with zero attached hydrogens (tertiary/aromatic N) is 4.